The normalized spacial score (nSPS) is 11.5. The number of rotatable bonds is 7. The zero-order chi connectivity index (χ0) is 13.6. The van der Waals surface area contributed by atoms with E-state index >= 15 is 0 Å². The molecule has 2 N–H and O–H groups in total. The monoisotopic (exact) mass is 272 g/mol. The van der Waals surface area contributed by atoms with Gasteiger partial charge < -0.3 is 10.0 Å². The highest BCUT2D eigenvalue weighted by molar-refractivity contribution is 7.89. The Labute approximate surface area is 108 Å². The summed E-state index contributed by atoms with van der Waals surface area (Å²) in [5.74, 6) is 0. The SMILES string of the molecule is CCCNS(=O)(=O)c1ccc(N(C)CCO)cc1. The van der Waals surface area contributed by atoms with E-state index in [4.69, 9.17) is 5.11 Å². The van der Waals surface area contributed by atoms with E-state index in [1.807, 2.05) is 18.9 Å². The van der Waals surface area contributed by atoms with Crippen LogP contribution in [0.1, 0.15) is 13.3 Å². The lowest BCUT2D eigenvalue weighted by Gasteiger charge is -2.18. The van der Waals surface area contributed by atoms with Crippen LogP contribution in [-0.2, 0) is 10.0 Å². The van der Waals surface area contributed by atoms with E-state index < -0.39 is 10.0 Å². The van der Waals surface area contributed by atoms with E-state index in [1.165, 1.54) is 0 Å². The lowest BCUT2D eigenvalue weighted by Crippen LogP contribution is -2.24. The number of nitrogens with one attached hydrogen (secondary N) is 1. The molecule has 0 aromatic heterocycles. The second-order valence-corrected chi connectivity index (χ2v) is 5.80. The van der Waals surface area contributed by atoms with Gasteiger partial charge in [0.1, 0.15) is 0 Å². The highest BCUT2D eigenvalue weighted by atomic mass is 32.2. The Bertz CT molecular complexity index is 457. The number of likely N-dealkylation sites (N-methyl/N-ethyl adjacent to an activating group) is 1. The third-order valence-corrected chi connectivity index (χ3v) is 4.04. The van der Waals surface area contributed by atoms with Crippen LogP contribution in [-0.4, -0.2) is 40.3 Å². The van der Waals surface area contributed by atoms with Gasteiger partial charge in [0, 0.05) is 25.8 Å². The van der Waals surface area contributed by atoms with E-state index in [0.717, 1.165) is 12.1 Å². The molecule has 0 aliphatic carbocycles. The molecular weight excluding hydrogens is 252 g/mol. The maximum absolute atomic E-state index is 11.8. The van der Waals surface area contributed by atoms with Gasteiger partial charge in [0.25, 0.3) is 0 Å². The Morgan fingerprint density at radius 2 is 1.89 bits per heavy atom. The maximum Gasteiger partial charge on any atom is 0.240 e. The van der Waals surface area contributed by atoms with Gasteiger partial charge in [-0.05, 0) is 30.7 Å². The number of aliphatic hydroxyl groups excluding tert-OH is 1. The number of sulfonamides is 1. The van der Waals surface area contributed by atoms with Gasteiger partial charge in [-0.25, -0.2) is 13.1 Å². The van der Waals surface area contributed by atoms with Crippen LogP contribution < -0.4 is 9.62 Å². The molecule has 1 aromatic rings. The molecule has 0 unspecified atom stereocenters. The molecule has 0 saturated heterocycles. The minimum absolute atomic E-state index is 0.0641. The van der Waals surface area contributed by atoms with Crippen LogP contribution in [0.15, 0.2) is 29.2 Å². The minimum Gasteiger partial charge on any atom is -0.395 e. The summed E-state index contributed by atoms with van der Waals surface area (Å²) in [5.41, 5.74) is 0.874. The van der Waals surface area contributed by atoms with Gasteiger partial charge >= 0.3 is 0 Å². The fraction of sp³-hybridized carbons (Fsp3) is 0.500. The van der Waals surface area contributed by atoms with Crippen molar-refractivity contribution in [3.05, 3.63) is 24.3 Å². The van der Waals surface area contributed by atoms with Crippen molar-refractivity contribution in [2.45, 2.75) is 18.2 Å². The number of hydrogen-bond donors (Lipinski definition) is 2. The molecule has 0 atom stereocenters. The molecule has 102 valence electrons. The van der Waals surface area contributed by atoms with E-state index in [9.17, 15) is 8.42 Å². The summed E-state index contributed by atoms with van der Waals surface area (Å²) < 4.78 is 26.2. The smallest absolute Gasteiger partial charge is 0.240 e. The maximum atomic E-state index is 11.8. The molecule has 0 aliphatic rings. The van der Waals surface area contributed by atoms with Crippen molar-refractivity contribution in [1.29, 1.82) is 0 Å². The average Bonchev–Trinajstić information content (AvgIpc) is 2.37. The Hall–Kier alpha value is -1.11. The largest absolute Gasteiger partial charge is 0.395 e. The van der Waals surface area contributed by atoms with E-state index in [0.29, 0.717) is 13.1 Å². The summed E-state index contributed by atoms with van der Waals surface area (Å²) in [4.78, 5) is 2.12. The molecule has 0 amide bonds. The van der Waals surface area contributed by atoms with E-state index in [-0.39, 0.29) is 11.5 Å². The molecular formula is C12H20N2O3S. The standard InChI is InChI=1S/C12H20N2O3S/c1-3-8-13-18(16,17)12-6-4-11(5-7-12)14(2)9-10-15/h4-7,13,15H,3,8-10H2,1-2H3. The number of nitrogens with zero attached hydrogens (tertiary/aromatic N) is 1. The van der Waals surface area contributed by atoms with Crippen molar-refractivity contribution in [3.8, 4) is 0 Å². The van der Waals surface area contributed by atoms with Crippen LogP contribution in [0.2, 0.25) is 0 Å². The van der Waals surface area contributed by atoms with Crippen molar-refractivity contribution in [2.75, 3.05) is 31.6 Å². The Kier molecular flexibility index (Phi) is 5.58. The molecule has 0 aliphatic heterocycles. The Morgan fingerprint density at radius 3 is 2.39 bits per heavy atom. The van der Waals surface area contributed by atoms with Gasteiger partial charge in [0.2, 0.25) is 10.0 Å². The van der Waals surface area contributed by atoms with Crippen LogP contribution in [0.4, 0.5) is 5.69 Å². The van der Waals surface area contributed by atoms with Gasteiger partial charge in [-0.2, -0.15) is 0 Å². The molecule has 0 radical (unpaired) electrons. The summed E-state index contributed by atoms with van der Waals surface area (Å²) >= 11 is 0. The number of anilines is 1. The van der Waals surface area contributed by atoms with Gasteiger partial charge in [-0.1, -0.05) is 6.92 Å². The zero-order valence-corrected chi connectivity index (χ0v) is 11.6. The number of hydrogen-bond acceptors (Lipinski definition) is 4. The lowest BCUT2D eigenvalue weighted by atomic mass is 10.3. The molecule has 0 saturated carbocycles. The predicted octanol–water partition coefficient (Wildman–Crippen LogP) is 0.803. The van der Waals surface area contributed by atoms with Crippen LogP contribution in [0.25, 0.3) is 0 Å². The lowest BCUT2D eigenvalue weighted by molar-refractivity contribution is 0.304. The van der Waals surface area contributed by atoms with E-state index in [1.54, 1.807) is 24.3 Å². The summed E-state index contributed by atoms with van der Waals surface area (Å²) in [6.45, 7) is 2.93. The first-order chi connectivity index (χ1) is 8.51. The molecule has 5 nitrogen and oxygen atoms in total. The molecule has 1 rings (SSSR count). The molecule has 0 spiro atoms. The molecule has 18 heavy (non-hydrogen) atoms. The highest BCUT2D eigenvalue weighted by Crippen LogP contribution is 2.16. The number of aliphatic hydroxyl groups is 1. The number of benzene rings is 1. The predicted molar refractivity (Wildman–Crippen MR) is 72.3 cm³/mol. The zero-order valence-electron chi connectivity index (χ0n) is 10.8. The second-order valence-electron chi connectivity index (χ2n) is 4.04. The van der Waals surface area contributed by atoms with Crippen molar-refractivity contribution >= 4 is 15.7 Å². The fourth-order valence-electron chi connectivity index (χ4n) is 1.48. The molecule has 0 fully saturated rings. The summed E-state index contributed by atoms with van der Waals surface area (Å²) in [5, 5.41) is 8.83. The van der Waals surface area contributed by atoms with Crippen LogP contribution >= 0.6 is 0 Å². The third kappa shape index (κ3) is 3.97. The first-order valence-electron chi connectivity index (χ1n) is 5.93. The fourth-order valence-corrected chi connectivity index (χ4v) is 2.61. The molecule has 0 heterocycles. The molecule has 6 heteroatoms. The van der Waals surface area contributed by atoms with Crippen LogP contribution in [0.3, 0.4) is 0 Å². The van der Waals surface area contributed by atoms with Crippen molar-refractivity contribution in [1.82, 2.24) is 4.72 Å². The third-order valence-electron chi connectivity index (χ3n) is 2.57. The van der Waals surface area contributed by atoms with Crippen LogP contribution in [0.5, 0.6) is 0 Å². The van der Waals surface area contributed by atoms with Crippen molar-refractivity contribution in [3.63, 3.8) is 0 Å². The first kappa shape index (κ1) is 14.9. The average molecular weight is 272 g/mol. The summed E-state index contributed by atoms with van der Waals surface area (Å²) in [6.07, 6.45) is 0.760. The van der Waals surface area contributed by atoms with Gasteiger partial charge in [0.15, 0.2) is 0 Å². The van der Waals surface area contributed by atoms with Crippen molar-refractivity contribution in [2.24, 2.45) is 0 Å². The van der Waals surface area contributed by atoms with Gasteiger partial charge in [-0.3, -0.25) is 0 Å². The molecule has 0 bridgehead atoms. The van der Waals surface area contributed by atoms with Crippen molar-refractivity contribution < 1.29 is 13.5 Å². The quantitative estimate of drug-likeness (QED) is 0.770. The Balaban J connectivity index is 2.82. The highest BCUT2D eigenvalue weighted by Gasteiger charge is 2.12. The Morgan fingerprint density at radius 1 is 1.28 bits per heavy atom. The molecule has 1 aromatic carbocycles. The minimum atomic E-state index is -3.40. The topological polar surface area (TPSA) is 69.6 Å². The van der Waals surface area contributed by atoms with E-state index in [2.05, 4.69) is 4.72 Å². The summed E-state index contributed by atoms with van der Waals surface area (Å²) in [7, 11) is -1.55. The summed E-state index contributed by atoms with van der Waals surface area (Å²) in [6, 6.07) is 6.61. The van der Waals surface area contributed by atoms with Crippen LogP contribution in [0, 0.1) is 0 Å². The first-order valence-corrected chi connectivity index (χ1v) is 7.41. The van der Waals surface area contributed by atoms with Gasteiger partial charge in [-0.15, -0.1) is 0 Å². The second kappa shape index (κ2) is 6.72. The van der Waals surface area contributed by atoms with Gasteiger partial charge in [0.05, 0.1) is 11.5 Å².